The first-order valence-corrected chi connectivity index (χ1v) is 15.6. The molecule has 0 aliphatic rings. The average Bonchev–Trinajstić information content (AvgIpc) is 2.82. The van der Waals surface area contributed by atoms with Crippen molar-refractivity contribution in [3.8, 4) is 0 Å². The molecule has 7 nitrogen and oxygen atoms in total. The highest BCUT2D eigenvalue weighted by Crippen LogP contribution is 2.41. The fourth-order valence-corrected chi connectivity index (χ4v) is 4.90. The fraction of sp³-hybridized carbons (Fsp3) is 0.962. The number of hydrogen-bond donors (Lipinski definition) is 2. The van der Waals surface area contributed by atoms with Crippen molar-refractivity contribution in [3.63, 3.8) is 0 Å². The van der Waals surface area contributed by atoms with Crippen LogP contribution in [0.1, 0.15) is 116 Å². The Morgan fingerprint density at radius 3 is 1.71 bits per heavy atom. The Labute approximate surface area is 209 Å². The maximum Gasteiger partial charge on any atom is 0.329 e. The molecule has 0 aromatic carbocycles. The average molecular weight is 508 g/mol. The van der Waals surface area contributed by atoms with Gasteiger partial charge in [0.15, 0.2) is 0 Å². The van der Waals surface area contributed by atoms with Gasteiger partial charge in [-0.3, -0.25) is 9.36 Å². The number of carbonyl (C=O) groups is 1. The summed E-state index contributed by atoms with van der Waals surface area (Å²) >= 11 is 0. The van der Waals surface area contributed by atoms with E-state index in [9.17, 15) is 14.3 Å². The second-order valence-corrected chi connectivity index (χ2v) is 11.3. The van der Waals surface area contributed by atoms with Crippen molar-refractivity contribution in [1.82, 2.24) is 5.32 Å². The summed E-state index contributed by atoms with van der Waals surface area (Å²) in [5.41, 5.74) is 0. The van der Waals surface area contributed by atoms with E-state index in [4.69, 9.17) is 14.0 Å². The SMILES string of the molecule is CCCCCCCCCCCCCCCCCCCOCC(COP(=O)(O)CCNC)OC=O. The summed E-state index contributed by atoms with van der Waals surface area (Å²) < 4.78 is 27.4. The zero-order valence-corrected chi connectivity index (χ0v) is 23.0. The maximum atomic E-state index is 11.8. The van der Waals surface area contributed by atoms with Crippen LogP contribution < -0.4 is 5.32 Å². The summed E-state index contributed by atoms with van der Waals surface area (Å²) in [6, 6.07) is 0. The number of carbonyl (C=O) groups excluding carboxylic acids is 1. The van der Waals surface area contributed by atoms with Gasteiger partial charge in [0.1, 0.15) is 6.10 Å². The summed E-state index contributed by atoms with van der Waals surface area (Å²) in [5, 5.41) is 2.80. The van der Waals surface area contributed by atoms with Crippen LogP contribution in [0.5, 0.6) is 0 Å². The Kier molecular flexibility index (Phi) is 25.3. The summed E-state index contributed by atoms with van der Waals surface area (Å²) in [7, 11) is -1.98. The summed E-state index contributed by atoms with van der Waals surface area (Å²) in [5.74, 6) is 0. The lowest BCUT2D eigenvalue weighted by Gasteiger charge is -2.18. The highest BCUT2D eigenvalue weighted by Gasteiger charge is 2.22. The van der Waals surface area contributed by atoms with E-state index in [0.717, 1.165) is 12.8 Å². The Morgan fingerprint density at radius 1 is 0.794 bits per heavy atom. The molecule has 2 unspecified atom stereocenters. The van der Waals surface area contributed by atoms with Crippen molar-refractivity contribution in [2.45, 2.75) is 122 Å². The normalized spacial score (nSPS) is 14.1. The molecule has 0 saturated heterocycles. The van der Waals surface area contributed by atoms with Gasteiger partial charge in [-0.15, -0.1) is 0 Å². The van der Waals surface area contributed by atoms with Crippen LogP contribution in [0.4, 0.5) is 0 Å². The van der Waals surface area contributed by atoms with Gasteiger partial charge in [0.05, 0.1) is 19.4 Å². The van der Waals surface area contributed by atoms with Gasteiger partial charge in [0.25, 0.3) is 6.47 Å². The molecule has 0 aromatic rings. The lowest BCUT2D eigenvalue weighted by Crippen LogP contribution is -2.26. The van der Waals surface area contributed by atoms with E-state index in [1.165, 1.54) is 96.3 Å². The van der Waals surface area contributed by atoms with Crippen molar-refractivity contribution in [3.05, 3.63) is 0 Å². The monoisotopic (exact) mass is 507 g/mol. The van der Waals surface area contributed by atoms with Crippen LogP contribution in [0.25, 0.3) is 0 Å². The smallest absolute Gasteiger partial charge is 0.329 e. The van der Waals surface area contributed by atoms with E-state index in [1.54, 1.807) is 7.05 Å². The Balaban J connectivity index is 3.44. The first-order valence-electron chi connectivity index (χ1n) is 13.8. The first kappa shape index (κ1) is 33.5. The molecule has 0 aromatic heterocycles. The second kappa shape index (κ2) is 25.6. The van der Waals surface area contributed by atoms with Gasteiger partial charge in [0, 0.05) is 13.2 Å². The molecule has 0 rings (SSSR count). The third kappa shape index (κ3) is 24.7. The van der Waals surface area contributed by atoms with Crippen LogP contribution in [0.3, 0.4) is 0 Å². The van der Waals surface area contributed by atoms with E-state index in [0.29, 0.717) is 19.6 Å². The fourth-order valence-electron chi connectivity index (χ4n) is 3.87. The van der Waals surface area contributed by atoms with Gasteiger partial charge in [0.2, 0.25) is 0 Å². The van der Waals surface area contributed by atoms with Gasteiger partial charge in [-0.2, -0.15) is 0 Å². The van der Waals surface area contributed by atoms with Gasteiger partial charge < -0.3 is 24.2 Å². The van der Waals surface area contributed by atoms with Crippen molar-refractivity contribution >= 4 is 14.1 Å². The molecule has 0 saturated carbocycles. The lowest BCUT2D eigenvalue weighted by atomic mass is 10.0. The molecule has 34 heavy (non-hydrogen) atoms. The Morgan fingerprint density at radius 2 is 1.26 bits per heavy atom. The lowest BCUT2D eigenvalue weighted by molar-refractivity contribution is -0.138. The molecule has 0 radical (unpaired) electrons. The quantitative estimate of drug-likeness (QED) is 0.0698. The van der Waals surface area contributed by atoms with Gasteiger partial charge in [-0.1, -0.05) is 110 Å². The highest BCUT2D eigenvalue weighted by molar-refractivity contribution is 7.52. The molecule has 0 amide bonds. The molecule has 0 heterocycles. The van der Waals surface area contributed by atoms with Crippen molar-refractivity contribution in [1.29, 1.82) is 0 Å². The molecule has 2 N–H and O–H groups in total. The summed E-state index contributed by atoms with van der Waals surface area (Å²) in [6.45, 7) is 3.59. The van der Waals surface area contributed by atoms with Gasteiger partial charge in [-0.05, 0) is 13.5 Å². The van der Waals surface area contributed by atoms with Crippen molar-refractivity contribution in [2.75, 3.05) is 39.6 Å². The first-order chi connectivity index (χ1) is 16.6. The van der Waals surface area contributed by atoms with Gasteiger partial charge in [-0.25, -0.2) is 0 Å². The van der Waals surface area contributed by atoms with E-state index in [2.05, 4.69) is 12.2 Å². The van der Waals surface area contributed by atoms with Crippen LogP contribution in [-0.4, -0.2) is 57.0 Å². The minimum Gasteiger partial charge on any atom is -0.460 e. The molecule has 204 valence electrons. The third-order valence-electron chi connectivity index (χ3n) is 6.05. The Hall–Kier alpha value is -0.460. The second-order valence-electron chi connectivity index (χ2n) is 9.35. The minimum atomic E-state index is -3.68. The predicted octanol–water partition coefficient (Wildman–Crippen LogP) is 6.62. The highest BCUT2D eigenvalue weighted by atomic mass is 31.2. The molecular weight excluding hydrogens is 453 g/mol. The van der Waals surface area contributed by atoms with Crippen LogP contribution >= 0.6 is 7.60 Å². The van der Waals surface area contributed by atoms with Crippen LogP contribution in [0, 0.1) is 0 Å². The van der Waals surface area contributed by atoms with Crippen molar-refractivity contribution in [2.24, 2.45) is 0 Å². The predicted molar refractivity (Wildman–Crippen MR) is 140 cm³/mol. The summed E-state index contributed by atoms with van der Waals surface area (Å²) in [4.78, 5) is 20.3. The van der Waals surface area contributed by atoms with Crippen LogP contribution in [-0.2, 0) is 23.4 Å². The Bertz CT molecular complexity index is 480. The van der Waals surface area contributed by atoms with E-state index < -0.39 is 13.7 Å². The van der Waals surface area contributed by atoms with E-state index in [-0.39, 0.29) is 19.4 Å². The van der Waals surface area contributed by atoms with Crippen molar-refractivity contribution < 1.29 is 28.3 Å². The standard InChI is InChI=1S/C26H54NO6P/c1-3-4-5-6-7-8-9-10-11-12-13-14-15-16-17-18-19-21-31-23-26(32-25-28)24-33-34(29,30)22-20-27-2/h25-27H,3-24H2,1-2H3,(H,29,30). The number of hydrogen-bond acceptors (Lipinski definition) is 6. The number of rotatable bonds is 28. The number of nitrogens with one attached hydrogen (secondary N) is 1. The molecule has 0 aliphatic heterocycles. The van der Waals surface area contributed by atoms with Gasteiger partial charge >= 0.3 is 7.60 Å². The topological polar surface area (TPSA) is 94.1 Å². The summed E-state index contributed by atoms with van der Waals surface area (Å²) in [6.07, 6.45) is 22.0. The van der Waals surface area contributed by atoms with Crippen LogP contribution in [0.15, 0.2) is 0 Å². The molecular formula is C26H54NO6P. The zero-order valence-electron chi connectivity index (χ0n) is 22.1. The van der Waals surface area contributed by atoms with Crippen LogP contribution in [0.2, 0.25) is 0 Å². The molecule has 0 spiro atoms. The largest absolute Gasteiger partial charge is 0.460 e. The van der Waals surface area contributed by atoms with E-state index in [1.807, 2.05) is 0 Å². The number of unbranched alkanes of at least 4 members (excludes halogenated alkanes) is 16. The molecule has 2 atom stereocenters. The maximum absolute atomic E-state index is 11.8. The minimum absolute atomic E-state index is 0.0113. The third-order valence-corrected chi connectivity index (χ3v) is 7.39. The molecule has 8 heteroatoms. The number of ether oxygens (including phenoxy) is 2. The zero-order chi connectivity index (χ0) is 25.2. The molecule has 0 bridgehead atoms. The molecule has 0 aliphatic carbocycles. The van der Waals surface area contributed by atoms with E-state index >= 15 is 0 Å². The molecule has 0 fully saturated rings.